The average molecular weight is 432 g/mol. The number of hydrogen-bond donors (Lipinski definition) is 0. The quantitative estimate of drug-likeness (QED) is 0.733. The van der Waals surface area contributed by atoms with Gasteiger partial charge < -0.3 is 9.80 Å². The fraction of sp³-hybridized carbons (Fsp3) is 0.308. The molecule has 3 rings (SSSR count). The Balaban J connectivity index is 1.64. The van der Waals surface area contributed by atoms with Gasteiger partial charge in [0.15, 0.2) is 0 Å². The van der Waals surface area contributed by atoms with Gasteiger partial charge in [-0.3, -0.25) is 4.79 Å². The summed E-state index contributed by atoms with van der Waals surface area (Å²) in [6, 6.07) is 1.91. The summed E-state index contributed by atoms with van der Waals surface area (Å²) >= 11 is 8.21. The number of hydrogen-bond acceptors (Lipinski definition) is 5. The van der Waals surface area contributed by atoms with E-state index in [0.717, 1.165) is 26.9 Å². The molecule has 21 heavy (non-hydrogen) atoms. The monoisotopic (exact) mass is 430 g/mol. The molecule has 0 aromatic carbocycles. The number of carbonyl (C=O) groups excluding carboxylic acids is 1. The molecule has 1 aliphatic heterocycles. The third-order valence-corrected chi connectivity index (χ3v) is 5.50. The number of amides is 1. The van der Waals surface area contributed by atoms with Crippen molar-refractivity contribution in [3.8, 4) is 0 Å². The van der Waals surface area contributed by atoms with Gasteiger partial charge in [-0.1, -0.05) is 0 Å². The van der Waals surface area contributed by atoms with Crippen molar-refractivity contribution in [2.45, 2.75) is 0 Å². The lowest BCUT2D eigenvalue weighted by Gasteiger charge is -2.34. The van der Waals surface area contributed by atoms with Crippen LogP contribution in [0.3, 0.4) is 0 Å². The highest BCUT2D eigenvalue weighted by Gasteiger charge is 2.25. The van der Waals surface area contributed by atoms with E-state index < -0.39 is 0 Å². The Hall–Kier alpha value is -0.990. The zero-order chi connectivity index (χ0) is 14.8. The van der Waals surface area contributed by atoms with Crippen LogP contribution in [-0.2, 0) is 0 Å². The lowest BCUT2D eigenvalue weighted by Crippen LogP contribution is -2.49. The van der Waals surface area contributed by atoms with Crippen molar-refractivity contribution in [2.75, 3.05) is 31.1 Å². The van der Waals surface area contributed by atoms with E-state index in [1.165, 1.54) is 11.3 Å². The summed E-state index contributed by atoms with van der Waals surface area (Å²) in [6.07, 6.45) is 3.48. The number of carbonyl (C=O) groups is 1. The molecule has 3 heterocycles. The Labute approximate surface area is 143 Å². The summed E-state index contributed by atoms with van der Waals surface area (Å²) in [5, 5.41) is 1.92. The molecule has 8 heteroatoms. The van der Waals surface area contributed by atoms with E-state index in [0.29, 0.717) is 19.0 Å². The number of piperazine rings is 1. The van der Waals surface area contributed by atoms with Gasteiger partial charge in [-0.25, -0.2) is 9.97 Å². The maximum absolute atomic E-state index is 12.4. The average Bonchev–Trinajstić information content (AvgIpc) is 2.94. The van der Waals surface area contributed by atoms with E-state index in [9.17, 15) is 4.79 Å². The van der Waals surface area contributed by atoms with E-state index in [1.54, 1.807) is 12.4 Å². The molecule has 1 amide bonds. The molecule has 0 N–H and O–H groups in total. The molecule has 1 saturated heterocycles. The highest BCUT2D eigenvalue weighted by molar-refractivity contribution is 9.10. The van der Waals surface area contributed by atoms with Gasteiger partial charge in [0.1, 0.15) is 4.88 Å². The SMILES string of the molecule is O=C(c1sccc1Br)N1CCN(c2ncc(Br)cn2)CC1. The van der Waals surface area contributed by atoms with Crippen LogP contribution in [0.5, 0.6) is 0 Å². The molecule has 1 fully saturated rings. The molecule has 110 valence electrons. The van der Waals surface area contributed by atoms with Crippen LogP contribution in [0.2, 0.25) is 0 Å². The van der Waals surface area contributed by atoms with Crippen LogP contribution in [-0.4, -0.2) is 47.0 Å². The fourth-order valence-corrected chi connectivity index (χ4v) is 3.88. The molecule has 2 aromatic heterocycles. The molecule has 0 atom stereocenters. The number of aromatic nitrogens is 2. The molecule has 0 radical (unpaired) electrons. The molecule has 1 aliphatic rings. The largest absolute Gasteiger partial charge is 0.337 e. The van der Waals surface area contributed by atoms with Crippen molar-refractivity contribution in [3.05, 3.63) is 37.7 Å². The van der Waals surface area contributed by atoms with Crippen LogP contribution in [0.25, 0.3) is 0 Å². The Morgan fingerprint density at radius 3 is 2.38 bits per heavy atom. The molecular weight excluding hydrogens is 420 g/mol. The van der Waals surface area contributed by atoms with Crippen LogP contribution in [0.15, 0.2) is 32.8 Å². The topological polar surface area (TPSA) is 49.3 Å². The van der Waals surface area contributed by atoms with Gasteiger partial charge in [0, 0.05) is 43.0 Å². The highest BCUT2D eigenvalue weighted by atomic mass is 79.9. The molecule has 2 aromatic rings. The summed E-state index contributed by atoms with van der Waals surface area (Å²) in [5.74, 6) is 0.802. The minimum Gasteiger partial charge on any atom is -0.337 e. The summed E-state index contributed by atoms with van der Waals surface area (Å²) < 4.78 is 1.73. The Morgan fingerprint density at radius 2 is 1.81 bits per heavy atom. The predicted octanol–water partition coefficient (Wildman–Crippen LogP) is 3.03. The van der Waals surface area contributed by atoms with Crippen LogP contribution >= 0.6 is 43.2 Å². The molecule has 0 saturated carbocycles. The van der Waals surface area contributed by atoms with Gasteiger partial charge in [0.05, 0.1) is 4.47 Å². The van der Waals surface area contributed by atoms with Crippen molar-refractivity contribution < 1.29 is 4.79 Å². The first-order chi connectivity index (χ1) is 10.1. The van der Waals surface area contributed by atoms with Gasteiger partial charge in [-0.05, 0) is 43.3 Å². The van der Waals surface area contributed by atoms with E-state index in [4.69, 9.17) is 0 Å². The molecule has 5 nitrogen and oxygen atoms in total. The van der Waals surface area contributed by atoms with Crippen molar-refractivity contribution in [1.82, 2.24) is 14.9 Å². The third-order valence-electron chi connectivity index (χ3n) is 3.27. The molecular formula is C13H12Br2N4OS. The smallest absolute Gasteiger partial charge is 0.265 e. The predicted molar refractivity (Wildman–Crippen MR) is 89.9 cm³/mol. The van der Waals surface area contributed by atoms with Gasteiger partial charge in [-0.15, -0.1) is 11.3 Å². The summed E-state index contributed by atoms with van der Waals surface area (Å²) in [6.45, 7) is 2.86. The lowest BCUT2D eigenvalue weighted by atomic mass is 10.3. The first kappa shape index (κ1) is 14.9. The number of anilines is 1. The maximum atomic E-state index is 12.4. The standard InChI is InChI=1S/C13H12Br2N4OS/c14-9-7-16-13(17-8-9)19-4-2-18(3-5-19)12(20)11-10(15)1-6-21-11/h1,6-8H,2-5H2. The fourth-order valence-electron chi connectivity index (χ4n) is 2.17. The van der Waals surface area contributed by atoms with Crippen LogP contribution in [0.1, 0.15) is 9.67 Å². The van der Waals surface area contributed by atoms with Gasteiger partial charge >= 0.3 is 0 Å². The Kier molecular flexibility index (Phi) is 4.56. The second-order valence-corrected chi connectivity index (χ2v) is 7.26. The van der Waals surface area contributed by atoms with Gasteiger partial charge in [0.2, 0.25) is 5.95 Å². The number of thiophene rings is 1. The van der Waals surface area contributed by atoms with Crippen molar-refractivity contribution in [1.29, 1.82) is 0 Å². The first-order valence-electron chi connectivity index (χ1n) is 6.40. The second-order valence-electron chi connectivity index (χ2n) is 4.58. The molecule has 0 bridgehead atoms. The zero-order valence-corrected chi connectivity index (χ0v) is 15.0. The van der Waals surface area contributed by atoms with E-state index in [2.05, 4.69) is 46.7 Å². The van der Waals surface area contributed by atoms with Gasteiger partial charge in [-0.2, -0.15) is 0 Å². The summed E-state index contributed by atoms with van der Waals surface area (Å²) in [7, 11) is 0. The molecule has 0 aliphatic carbocycles. The number of nitrogens with zero attached hydrogens (tertiary/aromatic N) is 4. The van der Waals surface area contributed by atoms with Crippen molar-refractivity contribution >= 4 is 55.1 Å². The van der Waals surface area contributed by atoms with Crippen molar-refractivity contribution in [2.24, 2.45) is 0 Å². The second kappa shape index (κ2) is 6.41. The van der Waals surface area contributed by atoms with Crippen molar-refractivity contribution in [3.63, 3.8) is 0 Å². The zero-order valence-electron chi connectivity index (χ0n) is 11.0. The Morgan fingerprint density at radius 1 is 1.14 bits per heavy atom. The van der Waals surface area contributed by atoms with E-state index >= 15 is 0 Å². The summed E-state index contributed by atoms with van der Waals surface area (Å²) in [5.41, 5.74) is 0. The van der Waals surface area contributed by atoms with Crippen LogP contribution in [0.4, 0.5) is 5.95 Å². The minimum atomic E-state index is 0.0910. The Bertz CT molecular complexity index is 638. The number of rotatable bonds is 2. The number of halogens is 2. The molecule has 0 spiro atoms. The van der Waals surface area contributed by atoms with Gasteiger partial charge in [0.25, 0.3) is 5.91 Å². The lowest BCUT2D eigenvalue weighted by molar-refractivity contribution is 0.0750. The van der Waals surface area contributed by atoms with Crippen LogP contribution in [0, 0.1) is 0 Å². The minimum absolute atomic E-state index is 0.0910. The molecule has 0 unspecified atom stereocenters. The highest BCUT2D eigenvalue weighted by Crippen LogP contribution is 2.25. The van der Waals surface area contributed by atoms with Crippen LogP contribution < -0.4 is 4.90 Å². The maximum Gasteiger partial charge on any atom is 0.265 e. The summed E-state index contributed by atoms with van der Waals surface area (Å²) in [4.78, 5) is 25.8. The first-order valence-corrected chi connectivity index (χ1v) is 8.86. The van der Waals surface area contributed by atoms with E-state index in [1.807, 2.05) is 16.3 Å². The third kappa shape index (κ3) is 3.27. The normalized spacial score (nSPS) is 15.3. The van der Waals surface area contributed by atoms with E-state index in [-0.39, 0.29) is 5.91 Å².